The van der Waals surface area contributed by atoms with Gasteiger partial charge in [0.25, 0.3) is 0 Å². The van der Waals surface area contributed by atoms with Gasteiger partial charge in [-0.1, -0.05) is 6.92 Å². The van der Waals surface area contributed by atoms with Crippen LogP contribution in [0, 0.1) is 0 Å². The maximum atomic E-state index is 6.20. The van der Waals surface area contributed by atoms with E-state index >= 15 is 0 Å². The Labute approximate surface area is 112 Å². The Balaban J connectivity index is 2.21. The molecule has 4 heteroatoms. The van der Waals surface area contributed by atoms with Crippen LogP contribution < -0.4 is 5.73 Å². The number of likely N-dealkylation sites (tertiary alicyclic amines) is 1. The van der Waals surface area contributed by atoms with Crippen LogP contribution in [0.25, 0.3) is 0 Å². The van der Waals surface area contributed by atoms with Gasteiger partial charge in [0.15, 0.2) is 0 Å². The summed E-state index contributed by atoms with van der Waals surface area (Å²) in [4.78, 5) is 2.47. The normalized spacial score (nSPS) is 27.7. The van der Waals surface area contributed by atoms with Gasteiger partial charge in [0, 0.05) is 25.2 Å². The molecule has 0 aromatic heterocycles. The van der Waals surface area contributed by atoms with Crippen molar-refractivity contribution in [3.63, 3.8) is 0 Å². The fourth-order valence-corrected chi connectivity index (χ4v) is 2.34. The molecule has 1 heterocycles. The smallest absolute Gasteiger partial charge is 0.0751 e. The lowest BCUT2D eigenvalue weighted by molar-refractivity contribution is -0.0461. The maximum Gasteiger partial charge on any atom is 0.0751 e. The van der Waals surface area contributed by atoms with E-state index < -0.39 is 0 Å². The largest absolute Gasteiger partial charge is 0.376 e. The molecule has 4 nitrogen and oxygen atoms in total. The second-order valence-corrected chi connectivity index (χ2v) is 5.53. The van der Waals surface area contributed by atoms with Gasteiger partial charge >= 0.3 is 0 Å². The van der Waals surface area contributed by atoms with Gasteiger partial charge in [0.05, 0.1) is 25.4 Å². The highest BCUT2D eigenvalue weighted by Crippen LogP contribution is 2.16. The summed E-state index contributed by atoms with van der Waals surface area (Å²) in [6, 6.07) is 0.757. The van der Waals surface area contributed by atoms with Crippen LogP contribution in [-0.4, -0.2) is 55.5 Å². The van der Waals surface area contributed by atoms with Crippen molar-refractivity contribution in [2.45, 2.75) is 64.8 Å². The molecule has 0 spiro atoms. The van der Waals surface area contributed by atoms with Crippen LogP contribution in [0.2, 0.25) is 0 Å². The first-order valence-corrected chi connectivity index (χ1v) is 7.27. The zero-order valence-corrected chi connectivity index (χ0v) is 12.4. The van der Waals surface area contributed by atoms with Crippen molar-refractivity contribution in [1.82, 2.24) is 4.90 Å². The predicted octanol–water partition coefficient (Wildman–Crippen LogP) is 1.63. The summed E-state index contributed by atoms with van der Waals surface area (Å²) < 4.78 is 11.3. The Hall–Kier alpha value is -0.160. The first-order valence-electron chi connectivity index (χ1n) is 7.27. The van der Waals surface area contributed by atoms with Gasteiger partial charge in [-0.2, -0.15) is 0 Å². The van der Waals surface area contributed by atoms with E-state index in [0.717, 1.165) is 19.5 Å². The summed E-state index contributed by atoms with van der Waals surface area (Å²) in [7, 11) is 0. The van der Waals surface area contributed by atoms with E-state index in [9.17, 15) is 0 Å². The number of nitrogens with zero attached hydrogens (tertiary/aromatic N) is 1. The summed E-state index contributed by atoms with van der Waals surface area (Å²) in [5.74, 6) is 0. The summed E-state index contributed by atoms with van der Waals surface area (Å²) in [6.45, 7) is 11.9. The average molecular weight is 258 g/mol. The number of ether oxygens (including phenoxy) is 2. The Morgan fingerprint density at radius 3 is 2.56 bits per heavy atom. The van der Waals surface area contributed by atoms with E-state index in [1.54, 1.807) is 0 Å². The minimum Gasteiger partial charge on any atom is -0.376 e. The molecule has 0 aromatic carbocycles. The molecule has 108 valence electrons. The standard InChI is InChI=1S/C14H30N2O2/c1-5-12(4)16-7-6-14(13(15)10-16)18-9-8-17-11(2)3/h11-14H,5-10,15H2,1-4H3. The van der Waals surface area contributed by atoms with Crippen LogP contribution >= 0.6 is 0 Å². The first kappa shape index (κ1) is 15.9. The zero-order chi connectivity index (χ0) is 13.5. The molecular formula is C14H30N2O2. The van der Waals surface area contributed by atoms with Crippen molar-refractivity contribution in [3.05, 3.63) is 0 Å². The summed E-state index contributed by atoms with van der Waals surface area (Å²) in [5, 5.41) is 0. The van der Waals surface area contributed by atoms with E-state index in [-0.39, 0.29) is 18.2 Å². The van der Waals surface area contributed by atoms with E-state index in [1.807, 2.05) is 13.8 Å². The first-order chi connectivity index (χ1) is 8.54. The predicted molar refractivity (Wildman–Crippen MR) is 74.7 cm³/mol. The highest BCUT2D eigenvalue weighted by Gasteiger charge is 2.28. The van der Waals surface area contributed by atoms with Crippen molar-refractivity contribution < 1.29 is 9.47 Å². The molecule has 0 saturated carbocycles. The highest BCUT2D eigenvalue weighted by atomic mass is 16.5. The molecule has 1 fully saturated rings. The monoisotopic (exact) mass is 258 g/mol. The molecule has 3 unspecified atom stereocenters. The summed E-state index contributed by atoms with van der Waals surface area (Å²) in [6.07, 6.45) is 2.68. The highest BCUT2D eigenvalue weighted by molar-refractivity contribution is 4.85. The number of hydrogen-bond acceptors (Lipinski definition) is 4. The number of piperidine rings is 1. The van der Waals surface area contributed by atoms with Gasteiger partial charge in [-0.25, -0.2) is 0 Å². The number of hydrogen-bond donors (Lipinski definition) is 1. The lowest BCUT2D eigenvalue weighted by atomic mass is 10.0. The Bertz CT molecular complexity index is 224. The van der Waals surface area contributed by atoms with Crippen molar-refractivity contribution in [1.29, 1.82) is 0 Å². The minimum absolute atomic E-state index is 0.131. The van der Waals surface area contributed by atoms with Gasteiger partial charge in [-0.15, -0.1) is 0 Å². The Morgan fingerprint density at radius 2 is 2.00 bits per heavy atom. The van der Waals surface area contributed by atoms with Crippen LogP contribution in [0.5, 0.6) is 0 Å². The van der Waals surface area contributed by atoms with Crippen LogP contribution in [0.1, 0.15) is 40.5 Å². The Kier molecular flexibility index (Phi) is 7.15. The van der Waals surface area contributed by atoms with Crippen molar-refractivity contribution in [2.75, 3.05) is 26.3 Å². The summed E-state index contributed by atoms with van der Waals surface area (Å²) in [5.41, 5.74) is 6.20. The second kappa shape index (κ2) is 8.10. The summed E-state index contributed by atoms with van der Waals surface area (Å²) >= 11 is 0. The quantitative estimate of drug-likeness (QED) is 0.705. The zero-order valence-electron chi connectivity index (χ0n) is 12.4. The Morgan fingerprint density at radius 1 is 1.28 bits per heavy atom. The lowest BCUT2D eigenvalue weighted by Gasteiger charge is -2.39. The van der Waals surface area contributed by atoms with E-state index in [1.165, 1.54) is 6.42 Å². The number of nitrogens with two attached hydrogens (primary N) is 1. The van der Waals surface area contributed by atoms with Gasteiger partial charge in [-0.3, -0.25) is 4.90 Å². The molecule has 2 N–H and O–H groups in total. The third-order valence-corrected chi connectivity index (χ3v) is 3.70. The molecule has 1 aliphatic rings. The molecule has 0 bridgehead atoms. The molecule has 3 atom stereocenters. The number of rotatable bonds is 7. The van der Waals surface area contributed by atoms with Crippen molar-refractivity contribution >= 4 is 0 Å². The molecule has 18 heavy (non-hydrogen) atoms. The van der Waals surface area contributed by atoms with Crippen LogP contribution in [0.3, 0.4) is 0 Å². The van der Waals surface area contributed by atoms with E-state index in [2.05, 4.69) is 18.7 Å². The molecule has 1 aliphatic heterocycles. The molecular weight excluding hydrogens is 228 g/mol. The van der Waals surface area contributed by atoms with E-state index in [0.29, 0.717) is 19.3 Å². The van der Waals surface area contributed by atoms with Crippen molar-refractivity contribution in [3.8, 4) is 0 Å². The fourth-order valence-electron chi connectivity index (χ4n) is 2.34. The molecule has 0 aromatic rings. The van der Waals surface area contributed by atoms with Crippen LogP contribution in [0.15, 0.2) is 0 Å². The second-order valence-electron chi connectivity index (χ2n) is 5.53. The van der Waals surface area contributed by atoms with Gasteiger partial charge in [-0.05, 0) is 33.6 Å². The fraction of sp³-hybridized carbons (Fsp3) is 1.00. The third kappa shape index (κ3) is 5.22. The van der Waals surface area contributed by atoms with Gasteiger partial charge < -0.3 is 15.2 Å². The molecule has 1 saturated heterocycles. The third-order valence-electron chi connectivity index (χ3n) is 3.70. The van der Waals surface area contributed by atoms with Crippen LogP contribution in [-0.2, 0) is 9.47 Å². The van der Waals surface area contributed by atoms with Crippen molar-refractivity contribution in [2.24, 2.45) is 5.73 Å². The lowest BCUT2D eigenvalue weighted by Crippen LogP contribution is -2.54. The topological polar surface area (TPSA) is 47.7 Å². The SMILES string of the molecule is CCC(C)N1CCC(OCCOC(C)C)C(N)C1. The molecule has 1 rings (SSSR count). The maximum absolute atomic E-state index is 6.20. The average Bonchev–Trinajstić information content (AvgIpc) is 2.34. The van der Waals surface area contributed by atoms with E-state index in [4.69, 9.17) is 15.2 Å². The molecule has 0 radical (unpaired) electrons. The van der Waals surface area contributed by atoms with Crippen LogP contribution in [0.4, 0.5) is 0 Å². The van der Waals surface area contributed by atoms with Gasteiger partial charge in [0.2, 0.25) is 0 Å². The van der Waals surface area contributed by atoms with Gasteiger partial charge in [0.1, 0.15) is 0 Å². The molecule has 0 amide bonds. The minimum atomic E-state index is 0.131. The molecule has 0 aliphatic carbocycles.